The highest BCUT2D eigenvalue weighted by atomic mass is 16.5. The fourth-order valence-corrected chi connectivity index (χ4v) is 3.11. The Morgan fingerprint density at radius 2 is 2.21 bits per heavy atom. The zero-order valence-corrected chi connectivity index (χ0v) is 10.8. The summed E-state index contributed by atoms with van der Waals surface area (Å²) in [6, 6.07) is 8.50. The van der Waals surface area contributed by atoms with Gasteiger partial charge < -0.3 is 9.84 Å². The first-order chi connectivity index (χ1) is 9.42. The number of rotatable bonds is 2. The van der Waals surface area contributed by atoms with Crippen LogP contribution in [0.2, 0.25) is 0 Å². The van der Waals surface area contributed by atoms with Crippen LogP contribution >= 0.6 is 0 Å². The Labute approximate surface area is 112 Å². The van der Waals surface area contributed by atoms with Gasteiger partial charge >= 0.3 is 0 Å². The maximum atomic E-state index is 5.49. The molecule has 1 N–H and O–H groups in total. The second-order valence-electron chi connectivity index (χ2n) is 5.49. The highest BCUT2D eigenvalue weighted by Crippen LogP contribution is 2.39. The third kappa shape index (κ3) is 1.87. The van der Waals surface area contributed by atoms with Gasteiger partial charge in [-0.25, -0.2) is 0 Å². The molecule has 2 atom stereocenters. The van der Waals surface area contributed by atoms with Crippen molar-refractivity contribution in [1.29, 1.82) is 0 Å². The number of aromatic nitrogens is 2. The molecule has 0 bridgehead atoms. The molecule has 4 nitrogen and oxygen atoms in total. The predicted octanol–water partition coefficient (Wildman–Crippen LogP) is 2.22. The highest BCUT2D eigenvalue weighted by molar-refractivity contribution is 5.43. The molecule has 1 aromatic carbocycles. The van der Waals surface area contributed by atoms with Gasteiger partial charge in [0.2, 0.25) is 5.89 Å². The Morgan fingerprint density at radius 3 is 3.05 bits per heavy atom. The van der Waals surface area contributed by atoms with Crippen LogP contribution in [0.15, 0.2) is 28.8 Å². The van der Waals surface area contributed by atoms with E-state index in [9.17, 15) is 0 Å². The van der Waals surface area contributed by atoms with Crippen LogP contribution in [0, 0.1) is 0 Å². The van der Waals surface area contributed by atoms with Crippen molar-refractivity contribution in [2.75, 3.05) is 13.1 Å². The molecule has 1 aliphatic carbocycles. The van der Waals surface area contributed by atoms with Crippen molar-refractivity contribution in [2.45, 2.75) is 31.1 Å². The summed E-state index contributed by atoms with van der Waals surface area (Å²) < 4.78 is 5.49. The van der Waals surface area contributed by atoms with Crippen LogP contribution in [0.3, 0.4) is 0 Å². The number of fused-ring (bicyclic) bond motifs is 1. The summed E-state index contributed by atoms with van der Waals surface area (Å²) in [5, 5.41) is 7.58. The lowest BCUT2D eigenvalue weighted by Crippen LogP contribution is -2.29. The number of hydrogen-bond donors (Lipinski definition) is 1. The lowest BCUT2D eigenvalue weighted by atomic mass is 9.77. The monoisotopic (exact) mass is 255 g/mol. The summed E-state index contributed by atoms with van der Waals surface area (Å²) in [5.74, 6) is 2.40. The van der Waals surface area contributed by atoms with Gasteiger partial charge in [-0.1, -0.05) is 29.4 Å². The third-order valence-electron chi connectivity index (χ3n) is 4.27. The zero-order chi connectivity index (χ0) is 12.7. The summed E-state index contributed by atoms with van der Waals surface area (Å²) in [7, 11) is 0. The van der Waals surface area contributed by atoms with E-state index >= 15 is 0 Å². The molecule has 4 rings (SSSR count). The average molecular weight is 255 g/mol. The molecule has 0 saturated carbocycles. The van der Waals surface area contributed by atoms with E-state index in [0.717, 1.165) is 37.6 Å². The normalized spacial score (nSPS) is 25.7. The number of benzene rings is 1. The summed E-state index contributed by atoms with van der Waals surface area (Å²) in [6.45, 7) is 2.08. The van der Waals surface area contributed by atoms with Gasteiger partial charge in [-0.15, -0.1) is 0 Å². The fraction of sp³-hybridized carbons (Fsp3) is 0.467. The van der Waals surface area contributed by atoms with Gasteiger partial charge in [-0.2, -0.15) is 4.98 Å². The lowest BCUT2D eigenvalue weighted by molar-refractivity contribution is 0.344. The third-order valence-corrected chi connectivity index (χ3v) is 4.27. The summed E-state index contributed by atoms with van der Waals surface area (Å²) >= 11 is 0. The van der Waals surface area contributed by atoms with Crippen molar-refractivity contribution < 1.29 is 4.52 Å². The van der Waals surface area contributed by atoms with Crippen LogP contribution in [-0.4, -0.2) is 23.2 Å². The van der Waals surface area contributed by atoms with Crippen molar-refractivity contribution >= 4 is 0 Å². The van der Waals surface area contributed by atoms with Gasteiger partial charge in [0, 0.05) is 12.5 Å². The van der Waals surface area contributed by atoms with E-state index in [-0.39, 0.29) is 0 Å². The van der Waals surface area contributed by atoms with Crippen molar-refractivity contribution in [3.63, 3.8) is 0 Å². The first kappa shape index (κ1) is 11.2. The number of nitrogens with one attached hydrogen (secondary N) is 1. The smallest absolute Gasteiger partial charge is 0.234 e. The molecule has 4 heteroatoms. The van der Waals surface area contributed by atoms with Crippen LogP contribution in [0.4, 0.5) is 0 Å². The van der Waals surface area contributed by atoms with Crippen LogP contribution in [0.5, 0.6) is 0 Å². The van der Waals surface area contributed by atoms with E-state index in [1.807, 2.05) is 0 Å². The molecule has 1 aliphatic heterocycles. The Kier molecular flexibility index (Phi) is 2.62. The molecule has 2 aliphatic rings. The molecule has 98 valence electrons. The van der Waals surface area contributed by atoms with E-state index in [4.69, 9.17) is 4.52 Å². The van der Waals surface area contributed by atoms with Gasteiger partial charge in [0.15, 0.2) is 5.82 Å². The number of piperidine rings is 1. The molecule has 1 saturated heterocycles. The Morgan fingerprint density at radius 1 is 1.26 bits per heavy atom. The van der Waals surface area contributed by atoms with Gasteiger partial charge in [0.1, 0.15) is 0 Å². The van der Waals surface area contributed by atoms with Gasteiger partial charge in [0.05, 0.1) is 5.92 Å². The van der Waals surface area contributed by atoms with E-state index in [0.29, 0.717) is 11.8 Å². The first-order valence-electron chi connectivity index (χ1n) is 7.04. The van der Waals surface area contributed by atoms with E-state index < -0.39 is 0 Å². The van der Waals surface area contributed by atoms with E-state index in [1.54, 1.807) is 0 Å². The van der Waals surface area contributed by atoms with Crippen molar-refractivity contribution in [2.24, 2.45) is 0 Å². The maximum Gasteiger partial charge on any atom is 0.234 e. The van der Waals surface area contributed by atoms with E-state index in [1.165, 1.54) is 17.5 Å². The average Bonchev–Trinajstić information content (AvgIpc) is 2.91. The topological polar surface area (TPSA) is 51.0 Å². The molecule has 2 unspecified atom stereocenters. The number of nitrogens with zero attached hydrogens (tertiary/aromatic N) is 2. The van der Waals surface area contributed by atoms with Gasteiger partial charge in [0.25, 0.3) is 0 Å². The Hall–Kier alpha value is -1.68. The lowest BCUT2D eigenvalue weighted by Gasteiger charge is -2.26. The van der Waals surface area contributed by atoms with Crippen LogP contribution in [0.1, 0.15) is 47.5 Å². The largest absolute Gasteiger partial charge is 0.339 e. The summed E-state index contributed by atoms with van der Waals surface area (Å²) in [4.78, 5) is 4.64. The molecule has 2 aromatic rings. The van der Waals surface area contributed by atoms with Gasteiger partial charge in [-0.05, 0) is 36.9 Å². The molecule has 0 spiro atoms. The summed E-state index contributed by atoms with van der Waals surface area (Å²) in [5.41, 5.74) is 2.76. The molecule has 0 radical (unpaired) electrons. The van der Waals surface area contributed by atoms with E-state index in [2.05, 4.69) is 39.7 Å². The molecular formula is C15H17N3O. The number of hydrogen-bond acceptors (Lipinski definition) is 4. The van der Waals surface area contributed by atoms with Gasteiger partial charge in [-0.3, -0.25) is 0 Å². The second kappa shape index (κ2) is 4.46. The second-order valence-corrected chi connectivity index (χ2v) is 5.49. The Bertz CT molecular complexity index is 587. The van der Waals surface area contributed by atoms with Crippen LogP contribution in [0.25, 0.3) is 0 Å². The first-order valence-corrected chi connectivity index (χ1v) is 7.04. The SMILES string of the molecule is c1ccc2c(c1)CC2c1nc(C2CCCNC2)no1. The Balaban J connectivity index is 1.56. The minimum absolute atomic E-state index is 0.314. The standard InChI is InChI=1S/C15H17N3O/c1-2-6-12-10(4-1)8-13(12)15-17-14(18-19-15)11-5-3-7-16-9-11/h1-2,4,6,11,13,16H,3,5,7-9H2. The molecular weight excluding hydrogens is 238 g/mol. The van der Waals surface area contributed by atoms with Crippen LogP contribution in [-0.2, 0) is 6.42 Å². The summed E-state index contributed by atoms with van der Waals surface area (Å²) in [6.07, 6.45) is 3.38. The van der Waals surface area contributed by atoms with Crippen LogP contribution < -0.4 is 5.32 Å². The van der Waals surface area contributed by atoms with Crippen molar-refractivity contribution in [3.8, 4) is 0 Å². The molecule has 19 heavy (non-hydrogen) atoms. The fourth-order valence-electron chi connectivity index (χ4n) is 3.11. The van der Waals surface area contributed by atoms with Crippen molar-refractivity contribution in [3.05, 3.63) is 47.1 Å². The quantitative estimate of drug-likeness (QED) is 0.894. The predicted molar refractivity (Wildman–Crippen MR) is 71.1 cm³/mol. The molecule has 1 fully saturated rings. The molecule has 2 heterocycles. The minimum Gasteiger partial charge on any atom is -0.339 e. The van der Waals surface area contributed by atoms with Crippen molar-refractivity contribution in [1.82, 2.24) is 15.5 Å². The highest BCUT2D eigenvalue weighted by Gasteiger charge is 2.32. The maximum absolute atomic E-state index is 5.49. The molecule has 0 amide bonds. The zero-order valence-electron chi connectivity index (χ0n) is 10.8. The molecule has 1 aromatic heterocycles. The minimum atomic E-state index is 0.314.